The molecule has 0 radical (unpaired) electrons. The highest BCUT2D eigenvalue weighted by Crippen LogP contribution is 2.13. The van der Waals surface area contributed by atoms with E-state index < -0.39 is 5.41 Å². The maximum Gasteiger partial charge on any atom is 0.224 e. The van der Waals surface area contributed by atoms with Crippen LogP contribution in [0.25, 0.3) is 0 Å². The minimum atomic E-state index is -0.466. The van der Waals surface area contributed by atoms with E-state index in [1.807, 2.05) is 0 Å². The number of benzene rings is 1. The smallest absolute Gasteiger partial charge is 0.224 e. The Hall–Kier alpha value is -1.71. The molecular weight excluding hydrogens is 233 g/mol. The van der Waals surface area contributed by atoms with Gasteiger partial charge in [-0.3, -0.25) is 9.59 Å². The van der Waals surface area contributed by atoms with Crippen molar-refractivity contribution in [1.82, 2.24) is 5.32 Å². The van der Waals surface area contributed by atoms with E-state index in [-0.39, 0.29) is 30.5 Å². The van der Waals surface area contributed by atoms with Crippen LogP contribution < -0.4 is 5.32 Å². The summed E-state index contributed by atoms with van der Waals surface area (Å²) >= 11 is 0. The average Bonchev–Trinajstić information content (AvgIpc) is 2.24. The molecule has 0 saturated heterocycles. The molecule has 3 nitrogen and oxygen atoms in total. The molecule has 4 heteroatoms. The van der Waals surface area contributed by atoms with Crippen LogP contribution in [0.1, 0.15) is 26.3 Å². The zero-order valence-electron chi connectivity index (χ0n) is 10.9. The van der Waals surface area contributed by atoms with E-state index in [2.05, 4.69) is 5.32 Å². The number of halogens is 1. The molecule has 0 saturated carbocycles. The summed E-state index contributed by atoms with van der Waals surface area (Å²) in [5, 5.41) is 2.55. The van der Waals surface area contributed by atoms with Crippen molar-refractivity contribution in [3.63, 3.8) is 0 Å². The first-order chi connectivity index (χ1) is 8.29. The zero-order chi connectivity index (χ0) is 13.8. The summed E-state index contributed by atoms with van der Waals surface area (Å²) in [7, 11) is 0. The molecule has 18 heavy (non-hydrogen) atoms. The van der Waals surface area contributed by atoms with E-state index >= 15 is 0 Å². The van der Waals surface area contributed by atoms with Crippen molar-refractivity contribution in [2.75, 3.05) is 6.54 Å². The van der Waals surface area contributed by atoms with Crippen molar-refractivity contribution < 1.29 is 14.0 Å². The van der Waals surface area contributed by atoms with Gasteiger partial charge in [-0.05, 0) is 17.7 Å². The number of rotatable bonds is 4. The van der Waals surface area contributed by atoms with Crippen LogP contribution in [0.3, 0.4) is 0 Å². The van der Waals surface area contributed by atoms with E-state index in [0.717, 1.165) is 0 Å². The quantitative estimate of drug-likeness (QED) is 0.890. The predicted molar refractivity (Wildman–Crippen MR) is 67.6 cm³/mol. The SMILES string of the molecule is CC(C)(C)C(=O)CNC(=O)Cc1cccc(F)c1. The summed E-state index contributed by atoms with van der Waals surface area (Å²) < 4.78 is 12.9. The molecular formula is C14H18FNO2. The number of ketones is 1. The number of carbonyl (C=O) groups is 2. The van der Waals surface area contributed by atoms with E-state index in [0.29, 0.717) is 5.56 Å². The van der Waals surface area contributed by atoms with Gasteiger partial charge in [-0.15, -0.1) is 0 Å². The largest absolute Gasteiger partial charge is 0.349 e. The fourth-order valence-electron chi connectivity index (χ4n) is 1.34. The van der Waals surface area contributed by atoms with Crippen LogP contribution in [-0.4, -0.2) is 18.2 Å². The standard InChI is InChI=1S/C14H18FNO2/c1-14(2,3)12(17)9-16-13(18)8-10-5-4-6-11(15)7-10/h4-7H,8-9H2,1-3H3,(H,16,18). The highest BCUT2D eigenvalue weighted by molar-refractivity contribution is 5.89. The Balaban J connectivity index is 2.46. The van der Waals surface area contributed by atoms with Crippen LogP contribution in [0, 0.1) is 11.2 Å². The third kappa shape index (κ3) is 4.65. The average molecular weight is 251 g/mol. The highest BCUT2D eigenvalue weighted by Gasteiger charge is 2.21. The Labute approximate surface area is 106 Å². The topological polar surface area (TPSA) is 46.2 Å². The molecule has 0 aliphatic heterocycles. The summed E-state index contributed by atoms with van der Waals surface area (Å²) in [6.07, 6.45) is 0.0786. The van der Waals surface area contributed by atoms with Crippen molar-refractivity contribution in [2.24, 2.45) is 5.41 Å². The van der Waals surface area contributed by atoms with Gasteiger partial charge >= 0.3 is 0 Å². The number of Topliss-reactive ketones (excluding diaryl/α,β-unsaturated/α-hetero) is 1. The first-order valence-corrected chi connectivity index (χ1v) is 5.83. The fraction of sp³-hybridized carbons (Fsp3) is 0.429. The van der Waals surface area contributed by atoms with Gasteiger partial charge in [0.05, 0.1) is 13.0 Å². The second-order valence-corrected chi connectivity index (χ2v) is 5.26. The van der Waals surface area contributed by atoms with Gasteiger partial charge in [0.15, 0.2) is 5.78 Å². The molecule has 0 spiro atoms. The lowest BCUT2D eigenvalue weighted by Crippen LogP contribution is -2.36. The molecule has 1 aromatic carbocycles. The lowest BCUT2D eigenvalue weighted by atomic mass is 9.91. The van der Waals surface area contributed by atoms with Gasteiger partial charge in [0.2, 0.25) is 5.91 Å². The van der Waals surface area contributed by atoms with E-state index in [4.69, 9.17) is 0 Å². The Bertz CT molecular complexity index is 449. The van der Waals surface area contributed by atoms with Gasteiger partial charge in [-0.1, -0.05) is 32.9 Å². The normalized spacial score (nSPS) is 11.1. The van der Waals surface area contributed by atoms with Crippen molar-refractivity contribution in [3.8, 4) is 0 Å². The predicted octanol–water partition coefficient (Wildman–Crippen LogP) is 2.10. The summed E-state index contributed by atoms with van der Waals surface area (Å²) in [5.41, 5.74) is 0.127. The van der Waals surface area contributed by atoms with Gasteiger partial charge in [0.1, 0.15) is 5.82 Å². The van der Waals surface area contributed by atoms with Crippen LogP contribution in [0.4, 0.5) is 4.39 Å². The van der Waals surface area contributed by atoms with Crippen LogP contribution in [-0.2, 0) is 16.0 Å². The minimum Gasteiger partial charge on any atom is -0.349 e. The number of hydrogen-bond acceptors (Lipinski definition) is 2. The second kappa shape index (κ2) is 5.76. The van der Waals surface area contributed by atoms with E-state index in [9.17, 15) is 14.0 Å². The third-order valence-corrected chi connectivity index (χ3v) is 2.54. The molecule has 1 amide bonds. The Morgan fingerprint density at radius 2 is 1.94 bits per heavy atom. The van der Waals surface area contributed by atoms with Crippen LogP contribution in [0.15, 0.2) is 24.3 Å². The van der Waals surface area contributed by atoms with Gasteiger partial charge in [0, 0.05) is 5.41 Å². The lowest BCUT2D eigenvalue weighted by Gasteiger charge is -2.16. The molecule has 1 rings (SSSR count). The Morgan fingerprint density at radius 3 is 2.50 bits per heavy atom. The van der Waals surface area contributed by atoms with E-state index in [1.54, 1.807) is 32.9 Å². The lowest BCUT2D eigenvalue weighted by molar-refractivity contribution is -0.128. The van der Waals surface area contributed by atoms with Crippen LogP contribution in [0.5, 0.6) is 0 Å². The molecule has 0 bridgehead atoms. The molecule has 0 heterocycles. The van der Waals surface area contributed by atoms with Crippen molar-refractivity contribution >= 4 is 11.7 Å². The van der Waals surface area contributed by atoms with E-state index in [1.165, 1.54) is 12.1 Å². The molecule has 0 aromatic heterocycles. The maximum atomic E-state index is 12.9. The van der Waals surface area contributed by atoms with Crippen molar-refractivity contribution in [3.05, 3.63) is 35.6 Å². The number of hydrogen-bond donors (Lipinski definition) is 1. The van der Waals surface area contributed by atoms with Gasteiger partial charge < -0.3 is 5.32 Å². The number of nitrogens with one attached hydrogen (secondary N) is 1. The zero-order valence-corrected chi connectivity index (χ0v) is 10.9. The molecule has 0 aliphatic rings. The van der Waals surface area contributed by atoms with Gasteiger partial charge in [-0.2, -0.15) is 0 Å². The first-order valence-electron chi connectivity index (χ1n) is 5.83. The molecule has 98 valence electrons. The van der Waals surface area contributed by atoms with Crippen molar-refractivity contribution in [1.29, 1.82) is 0 Å². The van der Waals surface area contributed by atoms with Crippen LogP contribution >= 0.6 is 0 Å². The summed E-state index contributed by atoms with van der Waals surface area (Å²) in [6, 6.07) is 5.86. The summed E-state index contributed by atoms with van der Waals surface area (Å²) in [4.78, 5) is 23.2. The minimum absolute atomic E-state index is 0.0116. The fourth-order valence-corrected chi connectivity index (χ4v) is 1.34. The first kappa shape index (κ1) is 14.4. The molecule has 1 aromatic rings. The van der Waals surface area contributed by atoms with Crippen LogP contribution in [0.2, 0.25) is 0 Å². The number of amides is 1. The Kier molecular flexibility index (Phi) is 4.59. The molecule has 1 N–H and O–H groups in total. The second-order valence-electron chi connectivity index (χ2n) is 5.26. The monoisotopic (exact) mass is 251 g/mol. The maximum absolute atomic E-state index is 12.9. The summed E-state index contributed by atoms with van der Waals surface area (Å²) in [6.45, 7) is 5.41. The highest BCUT2D eigenvalue weighted by atomic mass is 19.1. The molecule has 0 aliphatic carbocycles. The number of carbonyl (C=O) groups excluding carboxylic acids is 2. The third-order valence-electron chi connectivity index (χ3n) is 2.54. The Morgan fingerprint density at radius 1 is 1.28 bits per heavy atom. The van der Waals surface area contributed by atoms with Gasteiger partial charge in [-0.25, -0.2) is 4.39 Å². The van der Waals surface area contributed by atoms with Crippen molar-refractivity contribution in [2.45, 2.75) is 27.2 Å². The molecule has 0 atom stereocenters. The summed E-state index contributed by atoms with van der Waals surface area (Å²) in [5.74, 6) is -0.681. The van der Waals surface area contributed by atoms with Gasteiger partial charge in [0.25, 0.3) is 0 Å². The molecule has 0 unspecified atom stereocenters. The molecule has 0 fully saturated rings.